The molecular weight excluding hydrogens is 224 g/mol. The fraction of sp³-hybridized carbons (Fsp3) is 0.417. The topological polar surface area (TPSA) is 32.3 Å². The number of carbonyl (C=O) groups is 1. The highest BCUT2D eigenvalue weighted by Crippen LogP contribution is 2.17. The summed E-state index contributed by atoms with van der Waals surface area (Å²) in [5, 5.41) is 3.21. The highest BCUT2D eigenvalue weighted by molar-refractivity contribution is 5.94. The van der Waals surface area contributed by atoms with Gasteiger partial charge in [0, 0.05) is 19.3 Å². The summed E-state index contributed by atoms with van der Waals surface area (Å²) in [6.07, 6.45) is 0.954. The first-order chi connectivity index (χ1) is 7.29. The second-order valence-electron chi connectivity index (χ2n) is 3.92. The van der Waals surface area contributed by atoms with Gasteiger partial charge >= 0.3 is 0 Å². The fourth-order valence-electron chi connectivity index (χ4n) is 1.92. The Balaban J connectivity index is 0.00000128. The van der Waals surface area contributed by atoms with E-state index in [1.54, 1.807) is 4.90 Å². The van der Waals surface area contributed by atoms with Crippen molar-refractivity contribution in [3.8, 4) is 0 Å². The molecule has 1 aliphatic heterocycles. The Morgan fingerprint density at radius 3 is 2.62 bits per heavy atom. The number of rotatable bonds is 2. The van der Waals surface area contributed by atoms with E-state index in [0.29, 0.717) is 0 Å². The number of halogens is 1. The van der Waals surface area contributed by atoms with Crippen molar-refractivity contribution < 1.29 is 4.79 Å². The molecule has 0 saturated carbocycles. The largest absolute Gasteiger partial charge is 0.316 e. The normalized spacial score (nSPS) is 18.9. The van der Waals surface area contributed by atoms with Crippen LogP contribution in [0.1, 0.15) is 6.42 Å². The molecule has 4 heteroatoms. The fourth-order valence-corrected chi connectivity index (χ4v) is 1.92. The van der Waals surface area contributed by atoms with E-state index in [1.807, 2.05) is 37.4 Å². The van der Waals surface area contributed by atoms with Crippen LogP contribution in [-0.2, 0) is 4.79 Å². The van der Waals surface area contributed by atoms with Crippen LogP contribution in [0.3, 0.4) is 0 Å². The minimum Gasteiger partial charge on any atom is -0.316 e. The number of nitrogens with one attached hydrogen (secondary N) is 1. The summed E-state index contributed by atoms with van der Waals surface area (Å²) in [6.45, 7) is 1.77. The molecule has 88 valence electrons. The van der Waals surface area contributed by atoms with Crippen molar-refractivity contribution in [2.24, 2.45) is 5.92 Å². The zero-order chi connectivity index (χ0) is 10.7. The summed E-state index contributed by atoms with van der Waals surface area (Å²) < 4.78 is 0. The van der Waals surface area contributed by atoms with E-state index in [0.717, 1.165) is 25.2 Å². The van der Waals surface area contributed by atoms with Crippen LogP contribution in [0.25, 0.3) is 0 Å². The number of hydrogen-bond donors (Lipinski definition) is 1. The van der Waals surface area contributed by atoms with Crippen molar-refractivity contribution in [1.82, 2.24) is 5.32 Å². The number of carbonyl (C=O) groups excluding carboxylic acids is 1. The quantitative estimate of drug-likeness (QED) is 0.853. The smallest absolute Gasteiger partial charge is 0.231 e. The van der Waals surface area contributed by atoms with Gasteiger partial charge in [0.25, 0.3) is 0 Å². The van der Waals surface area contributed by atoms with E-state index >= 15 is 0 Å². The maximum absolute atomic E-state index is 12.0. The number of nitrogens with zero attached hydrogens (tertiary/aromatic N) is 1. The van der Waals surface area contributed by atoms with Gasteiger partial charge < -0.3 is 10.2 Å². The molecule has 1 aliphatic rings. The molecule has 1 N–H and O–H groups in total. The molecule has 1 aromatic carbocycles. The molecule has 1 amide bonds. The van der Waals surface area contributed by atoms with E-state index in [1.165, 1.54) is 0 Å². The first-order valence-electron chi connectivity index (χ1n) is 5.32. The summed E-state index contributed by atoms with van der Waals surface area (Å²) >= 11 is 0. The number of benzene rings is 1. The minimum absolute atomic E-state index is 0. The Hall–Kier alpha value is -1.06. The van der Waals surface area contributed by atoms with Gasteiger partial charge in [0.05, 0.1) is 5.92 Å². The van der Waals surface area contributed by atoms with Crippen LogP contribution in [0.15, 0.2) is 30.3 Å². The molecule has 1 fully saturated rings. The highest BCUT2D eigenvalue weighted by Gasteiger charge is 2.25. The van der Waals surface area contributed by atoms with Gasteiger partial charge in [0.2, 0.25) is 5.91 Å². The van der Waals surface area contributed by atoms with Crippen LogP contribution in [0.2, 0.25) is 0 Å². The zero-order valence-electron chi connectivity index (χ0n) is 9.35. The standard InChI is InChI=1S/C12H16N2O.ClH/c1-14(11-5-3-2-4-6-11)12(15)10-7-8-13-9-10;/h2-6,10,13H,7-9H2,1H3;1H/t10-;/m0./s1. The average Bonchev–Trinajstić information content (AvgIpc) is 2.82. The lowest BCUT2D eigenvalue weighted by atomic mass is 10.1. The molecule has 0 bridgehead atoms. The minimum atomic E-state index is 0. The monoisotopic (exact) mass is 240 g/mol. The Bertz CT molecular complexity index is 336. The summed E-state index contributed by atoms with van der Waals surface area (Å²) in [7, 11) is 1.84. The van der Waals surface area contributed by atoms with Crippen LogP contribution in [0, 0.1) is 5.92 Å². The van der Waals surface area contributed by atoms with E-state index in [-0.39, 0.29) is 24.2 Å². The number of hydrogen-bond acceptors (Lipinski definition) is 2. The third-order valence-corrected chi connectivity index (χ3v) is 2.88. The number of anilines is 1. The Morgan fingerprint density at radius 1 is 1.38 bits per heavy atom. The maximum atomic E-state index is 12.0. The Labute approximate surface area is 102 Å². The molecule has 16 heavy (non-hydrogen) atoms. The number of para-hydroxylation sites is 1. The summed E-state index contributed by atoms with van der Waals surface area (Å²) in [5.74, 6) is 0.362. The molecule has 0 aromatic heterocycles. The van der Waals surface area contributed by atoms with E-state index in [4.69, 9.17) is 0 Å². The SMILES string of the molecule is CN(C(=O)[C@H]1CCNC1)c1ccccc1.Cl. The third-order valence-electron chi connectivity index (χ3n) is 2.88. The summed E-state index contributed by atoms with van der Waals surface area (Å²) in [5.41, 5.74) is 0.967. The third kappa shape index (κ3) is 2.74. The van der Waals surface area contributed by atoms with Crippen molar-refractivity contribution in [3.63, 3.8) is 0 Å². The average molecular weight is 241 g/mol. The van der Waals surface area contributed by atoms with E-state index < -0.39 is 0 Å². The molecule has 0 spiro atoms. The molecule has 1 saturated heterocycles. The molecule has 1 heterocycles. The van der Waals surface area contributed by atoms with Gasteiger partial charge in [-0.1, -0.05) is 18.2 Å². The molecule has 0 aliphatic carbocycles. The first kappa shape index (κ1) is 13.0. The van der Waals surface area contributed by atoms with Crippen molar-refractivity contribution in [3.05, 3.63) is 30.3 Å². The lowest BCUT2D eigenvalue weighted by Gasteiger charge is -2.20. The molecule has 1 atom stereocenters. The van der Waals surface area contributed by atoms with Gasteiger partial charge in [-0.2, -0.15) is 0 Å². The highest BCUT2D eigenvalue weighted by atomic mass is 35.5. The van der Waals surface area contributed by atoms with Crippen LogP contribution in [0.4, 0.5) is 5.69 Å². The molecule has 2 rings (SSSR count). The van der Waals surface area contributed by atoms with Crippen LogP contribution in [-0.4, -0.2) is 26.0 Å². The van der Waals surface area contributed by atoms with Gasteiger partial charge in [0.1, 0.15) is 0 Å². The van der Waals surface area contributed by atoms with E-state index in [9.17, 15) is 4.79 Å². The predicted octanol–water partition coefficient (Wildman–Crippen LogP) is 1.68. The molecular formula is C12H17ClN2O. The predicted molar refractivity (Wildman–Crippen MR) is 68.1 cm³/mol. The summed E-state index contributed by atoms with van der Waals surface area (Å²) in [4.78, 5) is 13.8. The van der Waals surface area contributed by atoms with Crippen molar-refractivity contribution in [1.29, 1.82) is 0 Å². The van der Waals surface area contributed by atoms with Gasteiger partial charge in [-0.3, -0.25) is 4.79 Å². The van der Waals surface area contributed by atoms with Gasteiger partial charge in [-0.05, 0) is 25.1 Å². The number of amides is 1. The molecule has 3 nitrogen and oxygen atoms in total. The first-order valence-corrected chi connectivity index (χ1v) is 5.32. The van der Waals surface area contributed by atoms with Crippen molar-refractivity contribution in [2.45, 2.75) is 6.42 Å². The van der Waals surface area contributed by atoms with Gasteiger partial charge in [-0.25, -0.2) is 0 Å². The molecule has 0 unspecified atom stereocenters. The molecule has 0 radical (unpaired) electrons. The van der Waals surface area contributed by atoms with Crippen molar-refractivity contribution in [2.75, 3.05) is 25.0 Å². The van der Waals surface area contributed by atoms with Gasteiger partial charge in [-0.15, -0.1) is 12.4 Å². The zero-order valence-corrected chi connectivity index (χ0v) is 10.2. The van der Waals surface area contributed by atoms with Crippen molar-refractivity contribution >= 4 is 24.0 Å². The Kier molecular flexibility index (Phi) is 4.77. The van der Waals surface area contributed by atoms with Gasteiger partial charge in [0.15, 0.2) is 0 Å². The van der Waals surface area contributed by atoms with Crippen LogP contribution in [0.5, 0.6) is 0 Å². The second-order valence-corrected chi connectivity index (χ2v) is 3.92. The molecule has 1 aromatic rings. The van der Waals surface area contributed by atoms with Crippen LogP contribution < -0.4 is 10.2 Å². The van der Waals surface area contributed by atoms with Crippen LogP contribution >= 0.6 is 12.4 Å². The van der Waals surface area contributed by atoms with E-state index in [2.05, 4.69) is 5.32 Å². The second kappa shape index (κ2) is 5.87. The Morgan fingerprint density at radius 2 is 2.06 bits per heavy atom. The lowest BCUT2D eigenvalue weighted by molar-refractivity contribution is -0.121. The lowest BCUT2D eigenvalue weighted by Crippen LogP contribution is -2.33. The summed E-state index contributed by atoms with van der Waals surface area (Å²) in [6, 6.07) is 9.78. The maximum Gasteiger partial charge on any atom is 0.231 e.